The minimum atomic E-state index is -0.414. The number of benzene rings is 2. The van der Waals surface area contributed by atoms with Gasteiger partial charge in [-0.3, -0.25) is 4.79 Å². The second-order valence-corrected chi connectivity index (χ2v) is 6.74. The molecule has 6 nitrogen and oxygen atoms in total. The normalized spacial score (nSPS) is 11.0. The highest BCUT2D eigenvalue weighted by molar-refractivity contribution is 5.95. The second-order valence-electron chi connectivity index (χ2n) is 6.74. The van der Waals surface area contributed by atoms with Crippen LogP contribution in [0.25, 0.3) is 0 Å². The zero-order valence-electron chi connectivity index (χ0n) is 17.1. The summed E-state index contributed by atoms with van der Waals surface area (Å²) in [4.78, 5) is 12.6. The molecule has 1 amide bonds. The van der Waals surface area contributed by atoms with Crippen molar-refractivity contribution >= 4 is 5.91 Å². The molecule has 152 valence electrons. The van der Waals surface area contributed by atoms with Gasteiger partial charge in [0.1, 0.15) is 6.61 Å². The number of ether oxygens (including phenoxy) is 3. The van der Waals surface area contributed by atoms with Crippen LogP contribution in [0.1, 0.15) is 42.6 Å². The molecule has 0 aliphatic heterocycles. The first kappa shape index (κ1) is 21.6. The largest absolute Gasteiger partial charge is 0.493 e. The van der Waals surface area contributed by atoms with Crippen molar-refractivity contribution in [3.8, 4) is 17.2 Å². The quantitative estimate of drug-likeness (QED) is 0.653. The van der Waals surface area contributed by atoms with Crippen LogP contribution in [0.3, 0.4) is 0 Å². The molecule has 2 aromatic carbocycles. The van der Waals surface area contributed by atoms with Gasteiger partial charge in [-0.05, 0) is 30.5 Å². The Balaban J connectivity index is 2.20. The molecule has 0 saturated heterocycles. The van der Waals surface area contributed by atoms with Crippen molar-refractivity contribution in [2.45, 2.75) is 38.8 Å². The molecule has 0 saturated carbocycles. The predicted octanol–water partition coefficient (Wildman–Crippen LogP) is 3.53. The molecule has 2 aromatic rings. The first-order valence-electron chi connectivity index (χ1n) is 9.46. The van der Waals surface area contributed by atoms with Gasteiger partial charge in [0, 0.05) is 17.6 Å². The highest BCUT2D eigenvalue weighted by atomic mass is 16.5. The van der Waals surface area contributed by atoms with Crippen molar-refractivity contribution in [1.82, 2.24) is 5.32 Å². The Labute approximate surface area is 167 Å². The minimum absolute atomic E-state index is 0.233. The van der Waals surface area contributed by atoms with E-state index in [0.717, 1.165) is 18.4 Å². The van der Waals surface area contributed by atoms with Crippen LogP contribution in [-0.4, -0.2) is 32.2 Å². The molecular formula is C22H30N2O4. The van der Waals surface area contributed by atoms with Crippen LogP contribution >= 0.6 is 0 Å². The van der Waals surface area contributed by atoms with Gasteiger partial charge in [0.05, 0.1) is 14.2 Å². The number of hydrogen-bond donors (Lipinski definition) is 2. The number of methoxy groups -OCH3 is 2. The van der Waals surface area contributed by atoms with E-state index in [-0.39, 0.29) is 5.91 Å². The van der Waals surface area contributed by atoms with E-state index in [9.17, 15) is 4.79 Å². The third-order valence-electron chi connectivity index (χ3n) is 4.96. The molecule has 2 rings (SSSR count). The van der Waals surface area contributed by atoms with Gasteiger partial charge in [0.2, 0.25) is 5.75 Å². The maximum absolute atomic E-state index is 12.6. The zero-order chi connectivity index (χ0) is 20.6. The first-order chi connectivity index (χ1) is 13.5. The van der Waals surface area contributed by atoms with E-state index in [1.54, 1.807) is 12.1 Å². The van der Waals surface area contributed by atoms with Gasteiger partial charge in [-0.25, -0.2) is 0 Å². The predicted molar refractivity (Wildman–Crippen MR) is 110 cm³/mol. The van der Waals surface area contributed by atoms with Crippen LogP contribution in [0.5, 0.6) is 17.2 Å². The molecule has 0 fully saturated rings. The van der Waals surface area contributed by atoms with E-state index in [1.807, 2.05) is 44.2 Å². The molecule has 0 radical (unpaired) electrons. The Morgan fingerprint density at radius 1 is 1.04 bits per heavy atom. The van der Waals surface area contributed by atoms with Gasteiger partial charge < -0.3 is 25.3 Å². The summed E-state index contributed by atoms with van der Waals surface area (Å²) >= 11 is 0. The van der Waals surface area contributed by atoms with Gasteiger partial charge in [0.25, 0.3) is 5.91 Å². The average Bonchev–Trinajstić information content (AvgIpc) is 2.75. The monoisotopic (exact) mass is 386 g/mol. The van der Waals surface area contributed by atoms with E-state index in [0.29, 0.717) is 36.0 Å². The molecule has 0 atom stereocenters. The lowest BCUT2D eigenvalue weighted by Crippen LogP contribution is -2.49. The summed E-state index contributed by atoms with van der Waals surface area (Å²) < 4.78 is 16.8. The minimum Gasteiger partial charge on any atom is -0.493 e. The van der Waals surface area contributed by atoms with Gasteiger partial charge >= 0.3 is 0 Å². The number of amides is 1. The first-order valence-corrected chi connectivity index (χ1v) is 9.46. The van der Waals surface area contributed by atoms with E-state index in [1.165, 1.54) is 14.2 Å². The summed E-state index contributed by atoms with van der Waals surface area (Å²) in [5.41, 5.74) is 7.30. The highest BCUT2D eigenvalue weighted by Gasteiger charge is 2.23. The van der Waals surface area contributed by atoms with Gasteiger partial charge in [-0.2, -0.15) is 0 Å². The Hall–Kier alpha value is -2.73. The zero-order valence-corrected chi connectivity index (χ0v) is 17.1. The molecule has 0 aliphatic carbocycles. The van der Waals surface area contributed by atoms with Gasteiger partial charge in [-0.1, -0.05) is 44.2 Å². The number of hydrogen-bond acceptors (Lipinski definition) is 5. The van der Waals surface area contributed by atoms with Crippen LogP contribution in [0.4, 0.5) is 0 Å². The smallest absolute Gasteiger partial charge is 0.251 e. The van der Waals surface area contributed by atoms with Crippen LogP contribution in [0.15, 0.2) is 42.5 Å². The maximum atomic E-state index is 12.6. The maximum Gasteiger partial charge on any atom is 0.251 e. The summed E-state index contributed by atoms with van der Waals surface area (Å²) in [5, 5.41) is 2.91. The van der Waals surface area contributed by atoms with Crippen molar-refractivity contribution in [3.05, 3.63) is 53.6 Å². The van der Waals surface area contributed by atoms with E-state index >= 15 is 0 Å². The molecule has 0 aliphatic rings. The molecule has 0 spiro atoms. The van der Waals surface area contributed by atoms with Crippen LogP contribution in [0, 0.1) is 0 Å². The summed E-state index contributed by atoms with van der Waals surface area (Å²) in [6.07, 6.45) is 1.56. The summed E-state index contributed by atoms with van der Waals surface area (Å²) in [5.74, 6) is 1.10. The van der Waals surface area contributed by atoms with E-state index in [2.05, 4.69) is 5.32 Å². The lowest BCUT2D eigenvalue weighted by molar-refractivity contribution is 0.0941. The van der Waals surface area contributed by atoms with E-state index in [4.69, 9.17) is 19.9 Å². The average molecular weight is 386 g/mol. The number of carbonyl (C=O) groups is 1. The van der Waals surface area contributed by atoms with Crippen molar-refractivity contribution in [2.75, 3.05) is 20.8 Å². The van der Waals surface area contributed by atoms with Crippen LogP contribution in [0.2, 0.25) is 0 Å². The van der Waals surface area contributed by atoms with Crippen molar-refractivity contribution in [2.24, 2.45) is 5.73 Å². The van der Waals surface area contributed by atoms with Crippen molar-refractivity contribution < 1.29 is 19.0 Å². The van der Waals surface area contributed by atoms with Gasteiger partial charge in [-0.15, -0.1) is 0 Å². The third kappa shape index (κ3) is 5.39. The Morgan fingerprint density at radius 3 is 2.11 bits per heavy atom. The summed E-state index contributed by atoms with van der Waals surface area (Å²) in [6.45, 7) is 4.79. The molecule has 0 aromatic heterocycles. The fraction of sp³-hybridized carbons (Fsp3) is 0.409. The van der Waals surface area contributed by atoms with Crippen LogP contribution < -0.4 is 25.3 Å². The third-order valence-corrected chi connectivity index (χ3v) is 4.96. The van der Waals surface area contributed by atoms with Gasteiger partial charge in [0.15, 0.2) is 11.5 Å². The molecule has 0 unspecified atom stereocenters. The fourth-order valence-corrected chi connectivity index (χ4v) is 2.74. The SMILES string of the molecule is CCC(N)(CC)CNC(=O)c1cc(OC)c(OCc2ccccc2)c(OC)c1. The van der Waals surface area contributed by atoms with Crippen molar-refractivity contribution in [1.29, 1.82) is 0 Å². The molecule has 6 heteroatoms. The van der Waals surface area contributed by atoms with E-state index < -0.39 is 5.54 Å². The Kier molecular flexibility index (Phi) is 7.70. The van der Waals surface area contributed by atoms with Crippen LogP contribution in [-0.2, 0) is 6.61 Å². The fourth-order valence-electron chi connectivity index (χ4n) is 2.74. The molecule has 0 heterocycles. The lowest BCUT2D eigenvalue weighted by Gasteiger charge is -2.27. The standard InChI is InChI=1S/C22H30N2O4/c1-5-22(23,6-2)15-24-21(25)17-12-18(26-3)20(19(13-17)27-4)28-14-16-10-8-7-9-11-16/h7-13H,5-6,14-15,23H2,1-4H3,(H,24,25). The topological polar surface area (TPSA) is 82.8 Å². The Morgan fingerprint density at radius 2 is 1.61 bits per heavy atom. The lowest BCUT2D eigenvalue weighted by atomic mass is 9.94. The summed E-state index contributed by atoms with van der Waals surface area (Å²) in [6, 6.07) is 13.1. The van der Waals surface area contributed by atoms with Crippen molar-refractivity contribution in [3.63, 3.8) is 0 Å². The molecule has 3 N–H and O–H groups in total. The highest BCUT2D eigenvalue weighted by Crippen LogP contribution is 2.39. The number of nitrogens with one attached hydrogen (secondary N) is 1. The molecule has 0 bridgehead atoms. The number of carbonyl (C=O) groups excluding carboxylic acids is 1. The number of nitrogens with two attached hydrogens (primary N) is 1. The molecular weight excluding hydrogens is 356 g/mol. The number of rotatable bonds is 10. The second kappa shape index (κ2) is 9.99. The summed E-state index contributed by atoms with van der Waals surface area (Å²) in [7, 11) is 3.07. The molecule has 28 heavy (non-hydrogen) atoms. The Bertz CT molecular complexity index is 748.